The maximum atomic E-state index is 3.53. The molecule has 82 heavy (non-hydrogen) atoms. The SMILES string of the molecule is CC.CCC.CS.Cc1ccc(-c2ccc(C)c(-c3ccccc3C3CC3)c2)cc1.Cc1ccc2c(c1)C1(c3ccccc3-2)c2ccccc2N(c2ccccc2)c2ccccc21.Cc1ccc2c3ccccc3c3ccccc3c2c1. The zero-order chi connectivity index (χ0) is 57.3. The Morgan fingerprint density at radius 3 is 1.40 bits per heavy atom. The summed E-state index contributed by atoms with van der Waals surface area (Å²) in [6.45, 7) is 17.0. The van der Waals surface area contributed by atoms with Crippen LogP contribution in [0.4, 0.5) is 17.1 Å². The van der Waals surface area contributed by atoms with Gasteiger partial charge in [-0.25, -0.2) is 0 Å². The quantitative estimate of drug-likeness (QED) is 0.136. The Morgan fingerprint density at radius 1 is 0.366 bits per heavy atom. The largest absolute Gasteiger partial charge is 0.310 e. The number of benzene rings is 12. The second kappa shape index (κ2) is 25.6. The summed E-state index contributed by atoms with van der Waals surface area (Å²) in [6.07, 6.45) is 5.63. The average molecular weight is 1080 g/mol. The Balaban J connectivity index is 0.000000135. The van der Waals surface area contributed by atoms with Crippen molar-refractivity contribution in [3.8, 4) is 33.4 Å². The number of anilines is 3. The zero-order valence-corrected chi connectivity index (χ0v) is 50.2. The van der Waals surface area contributed by atoms with Gasteiger partial charge in [0, 0.05) is 5.69 Å². The van der Waals surface area contributed by atoms with Crippen LogP contribution in [0.5, 0.6) is 0 Å². The molecule has 0 aromatic heterocycles. The van der Waals surface area contributed by atoms with E-state index >= 15 is 0 Å². The highest BCUT2D eigenvalue weighted by Gasteiger charge is 2.51. The first kappa shape index (κ1) is 56.8. The standard InChI is InChI=1S/C32H23N.C23H22.C19H14.C3H8.C2H6.CH4S/c1-22-19-20-25-24-13-5-6-14-26(24)32(29(25)21-22)27-15-7-9-17-30(27)33(23-11-3-2-4-12-23)31-18-10-8-16-28(31)32;1-16-7-10-18(11-8-16)20-12-9-17(2)23(15-20)22-6-4-3-5-21(22)19-13-14-19;1-13-10-11-18-16-8-3-2-6-14(16)15-7-4-5-9-17(15)19(18)12-13;1-3-2;2*1-2/h2-21H,1H3;3-12,15,19H,13-14H2,1-2H3;2-12H,1H3;3H2,1-2H3;1-2H3;2H,1H3. The lowest BCUT2D eigenvalue weighted by Gasteiger charge is -2.45. The smallest absolute Gasteiger partial charge is 0.0754 e. The number of hydrogen-bond acceptors (Lipinski definition) is 2. The predicted octanol–water partition coefficient (Wildman–Crippen LogP) is 23.1. The molecule has 1 saturated carbocycles. The molecule has 1 aliphatic heterocycles. The van der Waals surface area contributed by atoms with E-state index in [0.29, 0.717) is 0 Å². The van der Waals surface area contributed by atoms with Gasteiger partial charge in [0.15, 0.2) is 0 Å². The van der Waals surface area contributed by atoms with Crippen LogP contribution in [0.2, 0.25) is 0 Å². The number of thiol groups is 1. The van der Waals surface area contributed by atoms with E-state index in [9.17, 15) is 0 Å². The van der Waals surface area contributed by atoms with Gasteiger partial charge in [-0.1, -0.05) is 275 Å². The first-order chi connectivity index (χ1) is 40.3. The third kappa shape index (κ3) is 10.8. The van der Waals surface area contributed by atoms with Crippen LogP contribution < -0.4 is 4.90 Å². The molecule has 0 saturated heterocycles. The van der Waals surface area contributed by atoms with E-state index in [1.54, 1.807) is 6.26 Å². The molecule has 1 nitrogen and oxygen atoms in total. The van der Waals surface area contributed by atoms with Crippen molar-refractivity contribution in [1.29, 1.82) is 0 Å². The van der Waals surface area contributed by atoms with Crippen LogP contribution >= 0.6 is 12.6 Å². The Kier molecular flexibility index (Phi) is 17.7. The van der Waals surface area contributed by atoms with Crippen molar-refractivity contribution in [1.82, 2.24) is 0 Å². The minimum absolute atomic E-state index is 0.337. The molecular weight excluding hydrogens is 1010 g/mol. The van der Waals surface area contributed by atoms with Gasteiger partial charge in [0.05, 0.1) is 16.8 Å². The summed E-state index contributed by atoms with van der Waals surface area (Å²) in [5, 5.41) is 8.08. The molecule has 0 bridgehead atoms. The van der Waals surface area contributed by atoms with Crippen molar-refractivity contribution in [2.45, 2.75) is 86.0 Å². The molecule has 0 radical (unpaired) electrons. The lowest BCUT2D eigenvalue weighted by molar-refractivity contribution is 0.752. The highest BCUT2D eigenvalue weighted by Crippen LogP contribution is 2.63. The van der Waals surface area contributed by atoms with Gasteiger partial charge in [0.2, 0.25) is 0 Å². The van der Waals surface area contributed by atoms with Gasteiger partial charge in [-0.3, -0.25) is 0 Å². The van der Waals surface area contributed by atoms with Crippen LogP contribution in [0.1, 0.15) is 103 Å². The summed E-state index contributed by atoms with van der Waals surface area (Å²) in [4.78, 5) is 2.42. The third-order valence-corrected chi connectivity index (χ3v) is 16.1. The number of para-hydroxylation sites is 3. The van der Waals surface area contributed by atoms with Crippen LogP contribution in [0, 0.1) is 27.7 Å². The van der Waals surface area contributed by atoms with E-state index in [4.69, 9.17) is 0 Å². The zero-order valence-electron chi connectivity index (χ0n) is 49.3. The summed E-state index contributed by atoms with van der Waals surface area (Å²) >= 11 is 3.53. The molecule has 2 heteroatoms. The van der Waals surface area contributed by atoms with Crippen molar-refractivity contribution >= 4 is 62.0 Å². The summed E-state index contributed by atoms with van der Waals surface area (Å²) in [5.74, 6) is 0.772. The summed E-state index contributed by atoms with van der Waals surface area (Å²) in [7, 11) is 0. The topological polar surface area (TPSA) is 3.24 Å². The monoisotopic (exact) mass is 1080 g/mol. The lowest BCUT2D eigenvalue weighted by atomic mass is 9.64. The minimum atomic E-state index is -0.337. The van der Waals surface area contributed by atoms with Gasteiger partial charge in [0.25, 0.3) is 0 Å². The predicted molar refractivity (Wildman–Crippen MR) is 361 cm³/mol. The van der Waals surface area contributed by atoms with Crippen LogP contribution in [0.3, 0.4) is 0 Å². The maximum Gasteiger partial charge on any atom is 0.0754 e. The van der Waals surface area contributed by atoms with Gasteiger partial charge < -0.3 is 4.90 Å². The van der Waals surface area contributed by atoms with Gasteiger partial charge in [-0.05, 0) is 182 Å². The van der Waals surface area contributed by atoms with E-state index in [0.717, 1.165) is 5.92 Å². The summed E-state index contributed by atoms with van der Waals surface area (Å²) in [5.41, 5.74) is 23.6. The van der Waals surface area contributed by atoms with E-state index < -0.39 is 0 Å². The fraction of sp³-hybridized carbons (Fsp3) is 0.175. The highest BCUT2D eigenvalue weighted by atomic mass is 32.1. The minimum Gasteiger partial charge on any atom is -0.310 e. The van der Waals surface area contributed by atoms with Crippen molar-refractivity contribution in [3.05, 3.63) is 305 Å². The fourth-order valence-electron chi connectivity index (χ4n) is 12.4. The summed E-state index contributed by atoms with van der Waals surface area (Å²) in [6, 6.07) is 93.3. The molecule has 408 valence electrons. The molecule has 12 aromatic rings. The Hall–Kier alpha value is -8.43. The first-order valence-corrected chi connectivity index (χ1v) is 30.4. The molecule has 1 fully saturated rings. The fourth-order valence-corrected chi connectivity index (χ4v) is 12.4. The highest BCUT2D eigenvalue weighted by molar-refractivity contribution is 7.79. The van der Waals surface area contributed by atoms with Gasteiger partial charge in [0.1, 0.15) is 0 Å². The molecular formula is C80H77NS. The molecule has 1 spiro atoms. The molecule has 3 aliphatic rings. The van der Waals surface area contributed by atoms with Crippen molar-refractivity contribution in [2.75, 3.05) is 11.2 Å². The number of rotatable bonds is 4. The van der Waals surface area contributed by atoms with Gasteiger partial charge in [-0.15, -0.1) is 0 Å². The maximum absolute atomic E-state index is 3.53. The Labute approximate surface area is 494 Å². The second-order valence-electron chi connectivity index (χ2n) is 21.7. The van der Waals surface area contributed by atoms with Crippen LogP contribution in [0.25, 0.3) is 65.7 Å². The lowest BCUT2D eigenvalue weighted by Crippen LogP contribution is -2.36. The Morgan fingerprint density at radius 2 is 0.805 bits per heavy atom. The molecule has 12 aromatic carbocycles. The van der Waals surface area contributed by atoms with Crippen molar-refractivity contribution in [3.63, 3.8) is 0 Å². The first-order valence-electron chi connectivity index (χ1n) is 29.5. The van der Waals surface area contributed by atoms with Crippen LogP contribution in [-0.4, -0.2) is 6.26 Å². The van der Waals surface area contributed by atoms with E-state index in [1.807, 2.05) is 13.8 Å². The average Bonchev–Trinajstić information content (AvgIpc) is 2.37. The molecule has 2 aliphatic carbocycles. The molecule has 15 rings (SSSR count). The molecule has 0 atom stereocenters. The summed E-state index contributed by atoms with van der Waals surface area (Å²) < 4.78 is 0. The normalized spacial score (nSPS) is 12.7. The van der Waals surface area contributed by atoms with Crippen LogP contribution in [-0.2, 0) is 5.41 Å². The van der Waals surface area contributed by atoms with Crippen molar-refractivity contribution in [2.24, 2.45) is 0 Å². The Bertz CT molecular complexity index is 4060. The third-order valence-electron chi connectivity index (χ3n) is 16.1. The van der Waals surface area contributed by atoms with E-state index in [1.165, 1.54) is 152 Å². The van der Waals surface area contributed by atoms with Crippen LogP contribution in [0.15, 0.2) is 255 Å². The molecule has 1 heterocycles. The van der Waals surface area contributed by atoms with Gasteiger partial charge >= 0.3 is 0 Å². The molecule has 0 unspecified atom stereocenters. The van der Waals surface area contributed by atoms with Gasteiger partial charge in [-0.2, -0.15) is 12.6 Å². The number of hydrogen-bond donors (Lipinski definition) is 1. The number of aryl methyl sites for hydroxylation is 4. The van der Waals surface area contributed by atoms with E-state index in [-0.39, 0.29) is 5.41 Å². The van der Waals surface area contributed by atoms with Crippen molar-refractivity contribution < 1.29 is 0 Å². The molecule has 0 amide bonds. The number of nitrogens with zero attached hydrogens (tertiary/aromatic N) is 1. The second-order valence-corrected chi connectivity index (χ2v) is 21.7. The number of fused-ring (bicyclic) bond motifs is 15. The van der Waals surface area contributed by atoms with E-state index in [2.05, 4.69) is 314 Å². The molecule has 0 N–H and O–H groups in total.